The Labute approximate surface area is 171 Å². The molecule has 0 amide bonds. The third-order valence-corrected chi connectivity index (χ3v) is 5.13. The second-order valence-corrected chi connectivity index (χ2v) is 6.96. The fourth-order valence-corrected chi connectivity index (χ4v) is 3.67. The Kier molecular flexibility index (Phi) is 5.39. The lowest BCUT2D eigenvalue weighted by Crippen LogP contribution is -2.29. The summed E-state index contributed by atoms with van der Waals surface area (Å²) in [5, 5.41) is 16.7. The van der Waals surface area contributed by atoms with Gasteiger partial charge in [-0.25, -0.2) is 4.98 Å². The number of ether oxygens (including phenoxy) is 4. The van der Waals surface area contributed by atoms with Crippen molar-refractivity contribution in [3.63, 3.8) is 0 Å². The lowest BCUT2D eigenvalue weighted by molar-refractivity contribution is 0.174. The Bertz CT molecular complexity index is 1010. The minimum absolute atomic E-state index is 0.129. The number of methoxy groups -OCH3 is 2. The van der Waals surface area contributed by atoms with Crippen LogP contribution in [-0.4, -0.2) is 32.0 Å². The lowest BCUT2D eigenvalue weighted by atomic mass is 10.1. The molecule has 0 atom stereocenters. The van der Waals surface area contributed by atoms with E-state index in [2.05, 4.69) is 15.6 Å². The number of rotatable bonds is 6. The molecule has 1 aromatic heterocycles. The summed E-state index contributed by atoms with van der Waals surface area (Å²) in [5.74, 6) is 2.97. The van der Waals surface area contributed by atoms with E-state index in [4.69, 9.17) is 24.4 Å². The Balaban J connectivity index is 1.40. The number of hydrogen-bond donors (Lipinski definition) is 3. The Hall–Kier alpha value is -3.46. The normalized spacial score (nSPS) is 11.8. The third kappa shape index (κ3) is 4.04. The van der Waals surface area contributed by atoms with Crippen molar-refractivity contribution in [2.24, 2.45) is 0 Å². The van der Waals surface area contributed by atoms with Crippen LogP contribution in [0, 0.1) is 5.41 Å². The molecule has 9 heteroatoms. The van der Waals surface area contributed by atoms with Crippen molar-refractivity contribution in [1.29, 1.82) is 5.41 Å². The van der Waals surface area contributed by atoms with Crippen molar-refractivity contribution in [2.75, 3.05) is 26.3 Å². The minimum atomic E-state index is 0.129. The molecule has 0 radical (unpaired) electrons. The monoisotopic (exact) mass is 412 g/mol. The number of thiazole rings is 1. The van der Waals surface area contributed by atoms with Gasteiger partial charge in [-0.2, -0.15) is 0 Å². The van der Waals surface area contributed by atoms with Gasteiger partial charge in [0.15, 0.2) is 22.6 Å². The predicted molar refractivity (Wildman–Crippen MR) is 111 cm³/mol. The van der Waals surface area contributed by atoms with Gasteiger partial charge in [-0.15, -0.1) is 11.3 Å². The summed E-state index contributed by atoms with van der Waals surface area (Å²) in [6.45, 7) is 0.613. The second-order valence-electron chi connectivity index (χ2n) is 6.10. The standard InChI is InChI=1S/C20H20N4O4S/c1-25-15-4-3-5-16(26-2)13(15)9-22-19(21)24-20-23-14(10-29-20)12-6-7-17-18(8-12)28-11-27-17/h3-8,10H,9,11H2,1-2H3,(H3,21,22,23,24). The number of guanidine groups is 1. The summed E-state index contributed by atoms with van der Waals surface area (Å²) in [6, 6.07) is 11.3. The molecule has 3 aromatic rings. The second kappa shape index (κ2) is 8.27. The van der Waals surface area contributed by atoms with Crippen LogP contribution in [0.15, 0.2) is 41.8 Å². The van der Waals surface area contributed by atoms with E-state index < -0.39 is 0 Å². The van der Waals surface area contributed by atoms with Crippen LogP contribution in [0.25, 0.3) is 11.3 Å². The summed E-state index contributed by atoms with van der Waals surface area (Å²) in [4.78, 5) is 4.55. The smallest absolute Gasteiger partial charge is 0.231 e. The van der Waals surface area contributed by atoms with E-state index in [-0.39, 0.29) is 12.8 Å². The summed E-state index contributed by atoms with van der Waals surface area (Å²) in [5.41, 5.74) is 2.57. The van der Waals surface area contributed by atoms with Gasteiger partial charge in [0, 0.05) is 10.9 Å². The molecule has 1 aliphatic heterocycles. The van der Waals surface area contributed by atoms with Gasteiger partial charge >= 0.3 is 0 Å². The molecular weight excluding hydrogens is 392 g/mol. The molecule has 0 spiro atoms. The van der Waals surface area contributed by atoms with E-state index >= 15 is 0 Å². The first-order valence-corrected chi connectivity index (χ1v) is 9.70. The molecule has 0 aliphatic carbocycles. The quantitative estimate of drug-likeness (QED) is 0.420. The van der Waals surface area contributed by atoms with Crippen molar-refractivity contribution in [3.8, 4) is 34.3 Å². The van der Waals surface area contributed by atoms with Crippen LogP contribution in [0.4, 0.5) is 5.13 Å². The van der Waals surface area contributed by atoms with E-state index in [1.165, 1.54) is 11.3 Å². The molecule has 150 valence electrons. The van der Waals surface area contributed by atoms with Crippen LogP contribution in [0.3, 0.4) is 0 Å². The zero-order chi connectivity index (χ0) is 20.2. The number of anilines is 1. The first-order chi connectivity index (χ1) is 14.2. The maximum Gasteiger partial charge on any atom is 0.231 e. The van der Waals surface area contributed by atoms with Crippen LogP contribution < -0.4 is 29.6 Å². The highest BCUT2D eigenvalue weighted by Crippen LogP contribution is 2.36. The molecule has 1 aliphatic rings. The van der Waals surface area contributed by atoms with Crippen LogP contribution in [0.1, 0.15) is 5.56 Å². The zero-order valence-corrected chi connectivity index (χ0v) is 16.8. The fraction of sp³-hybridized carbons (Fsp3) is 0.200. The van der Waals surface area contributed by atoms with Gasteiger partial charge in [0.05, 0.1) is 32.0 Å². The lowest BCUT2D eigenvalue weighted by Gasteiger charge is -2.14. The van der Waals surface area contributed by atoms with Crippen molar-refractivity contribution >= 4 is 22.4 Å². The van der Waals surface area contributed by atoms with E-state index in [1.54, 1.807) is 14.2 Å². The molecule has 29 heavy (non-hydrogen) atoms. The summed E-state index contributed by atoms with van der Waals surface area (Å²) in [6.07, 6.45) is 0. The van der Waals surface area contributed by atoms with Gasteiger partial charge in [0.2, 0.25) is 6.79 Å². The molecule has 0 fully saturated rings. The number of hydrogen-bond acceptors (Lipinski definition) is 7. The van der Waals surface area contributed by atoms with E-state index in [0.29, 0.717) is 28.9 Å². The molecule has 4 rings (SSSR count). The van der Waals surface area contributed by atoms with Crippen molar-refractivity contribution in [1.82, 2.24) is 10.3 Å². The van der Waals surface area contributed by atoms with Gasteiger partial charge in [-0.05, 0) is 30.3 Å². The van der Waals surface area contributed by atoms with Crippen molar-refractivity contribution in [3.05, 3.63) is 47.3 Å². The Morgan fingerprint density at radius 2 is 1.90 bits per heavy atom. The Morgan fingerprint density at radius 3 is 2.66 bits per heavy atom. The first-order valence-electron chi connectivity index (χ1n) is 8.83. The van der Waals surface area contributed by atoms with Crippen LogP contribution in [-0.2, 0) is 6.54 Å². The van der Waals surface area contributed by atoms with Crippen LogP contribution in [0.5, 0.6) is 23.0 Å². The van der Waals surface area contributed by atoms with Gasteiger partial charge in [-0.3, -0.25) is 5.41 Å². The highest BCUT2D eigenvalue weighted by atomic mass is 32.1. The van der Waals surface area contributed by atoms with Crippen LogP contribution in [0.2, 0.25) is 0 Å². The molecule has 8 nitrogen and oxygen atoms in total. The summed E-state index contributed by atoms with van der Waals surface area (Å²) in [7, 11) is 3.21. The van der Waals surface area contributed by atoms with E-state index in [0.717, 1.165) is 22.6 Å². The number of nitrogens with one attached hydrogen (secondary N) is 3. The van der Waals surface area contributed by atoms with E-state index in [9.17, 15) is 0 Å². The Morgan fingerprint density at radius 1 is 1.14 bits per heavy atom. The summed E-state index contributed by atoms with van der Waals surface area (Å²) < 4.78 is 21.5. The maximum atomic E-state index is 8.17. The third-order valence-electron chi connectivity index (χ3n) is 4.38. The highest BCUT2D eigenvalue weighted by molar-refractivity contribution is 7.14. The molecule has 0 bridgehead atoms. The average Bonchev–Trinajstić information content (AvgIpc) is 3.40. The predicted octanol–water partition coefficient (Wildman–Crippen LogP) is 3.69. The van der Waals surface area contributed by atoms with Gasteiger partial charge in [0.1, 0.15) is 11.5 Å². The summed E-state index contributed by atoms with van der Waals surface area (Å²) >= 11 is 1.42. The molecule has 3 N–H and O–H groups in total. The van der Waals surface area contributed by atoms with E-state index in [1.807, 2.05) is 41.8 Å². The fourth-order valence-electron chi connectivity index (χ4n) is 2.95. The number of nitrogens with zero attached hydrogens (tertiary/aromatic N) is 1. The van der Waals surface area contributed by atoms with Gasteiger partial charge in [0.25, 0.3) is 0 Å². The number of aromatic nitrogens is 1. The molecule has 2 heterocycles. The molecule has 0 saturated heterocycles. The molecule has 0 saturated carbocycles. The highest BCUT2D eigenvalue weighted by Gasteiger charge is 2.15. The zero-order valence-electron chi connectivity index (χ0n) is 15.9. The maximum absolute atomic E-state index is 8.17. The number of fused-ring (bicyclic) bond motifs is 1. The SMILES string of the molecule is COc1cccc(OC)c1CNC(=N)Nc1nc(-c2ccc3c(c2)OCO3)cs1. The van der Waals surface area contributed by atoms with Crippen molar-refractivity contribution in [2.45, 2.75) is 6.54 Å². The molecule has 0 unspecified atom stereocenters. The molecule has 2 aromatic carbocycles. The number of benzene rings is 2. The van der Waals surface area contributed by atoms with Gasteiger partial charge in [-0.1, -0.05) is 6.07 Å². The largest absolute Gasteiger partial charge is 0.496 e. The van der Waals surface area contributed by atoms with Gasteiger partial charge < -0.3 is 29.6 Å². The average molecular weight is 412 g/mol. The minimum Gasteiger partial charge on any atom is -0.496 e. The van der Waals surface area contributed by atoms with Crippen molar-refractivity contribution < 1.29 is 18.9 Å². The topological polar surface area (TPSA) is 97.7 Å². The van der Waals surface area contributed by atoms with Crippen LogP contribution >= 0.6 is 11.3 Å². The first kappa shape index (κ1) is 18.9. The molecular formula is C20H20N4O4S.